The number of hydrogen-bond donors (Lipinski definition) is 0. The molecule has 5 aliphatic rings. The molecule has 0 bridgehead atoms. The molecule has 16 aromatic carbocycles. The lowest BCUT2D eigenvalue weighted by Gasteiger charge is -2.35. The van der Waals surface area contributed by atoms with Crippen LogP contribution in [0.5, 0.6) is 0 Å². The molecular weight excluding hydrogens is 1280 g/mol. The smallest absolute Gasteiger partial charge is 0.0726 e. The monoisotopic (exact) mass is 1350 g/mol. The van der Waals surface area contributed by atoms with E-state index >= 15 is 0 Å². The highest BCUT2D eigenvalue weighted by Crippen LogP contribution is 2.66. The van der Waals surface area contributed by atoms with Crippen LogP contribution in [0.25, 0.3) is 89.0 Å². The van der Waals surface area contributed by atoms with Crippen LogP contribution in [0.4, 0.5) is 34.1 Å². The van der Waals surface area contributed by atoms with Crippen molar-refractivity contribution in [1.29, 1.82) is 0 Å². The van der Waals surface area contributed by atoms with E-state index in [9.17, 15) is 0 Å². The van der Waals surface area contributed by atoms with E-state index in [4.69, 9.17) is 0 Å². The summed E-state index contributed by atoms with van der Waals surface area (Å²) in [7, 11) is 0. The zero-order chi connectivity index (χ0) is 70.5. The average Bonchev–Trinajstić information content (AvgIpc) is 1.51. The van der Waals surface area contributed by atoms with Gasteiger partial charge in [0.25, 0.3) is 0 Å². The molecular formula is C104H74N2. The van der Waals surface area contributed by atoms with E-state index in [1.807, 2.05) is 0 Å². The van der Waals surface area contributed by atoms with Gasteiger partial charge in [-0.05, 0) is 218 Å². The molecule has 2 spiro atoms. The number of benzene rings is 16. The van der Waals surface area contributed by atoms with Crippen molar-refractivity contribution in [2.75, 3.05) is 9.80 Å². The van der Waals surface area contributed by atoms with E-state index in [1.54, 1.807) is 0 Å². The minimum Gasteiger partial charge on any atom is -0.310 e. The molecule has 0 saturated carbocycles. The topological polar surface area (TPSA) is 6.48 Å². The maximum Gasteiger partial charge on any atom is 0.0726 e. The van der Waals surface area contributed by atoms with Gasteiger partial charge in [0.1, 0.15) is 0 Å². The maximum absolute atomic E-state index is 2.61. The summed E-state index contributed by atoms with van der Waals surface area (Å²) in [5.74, 6) is 0. The van der Waals surface area contributed by atoms with Gasteiger partial charge in [0, 0.05) is 39.3 Å². The van der Waals surface area contributed by atoms with E-state index in [-0.39, 0.29) is 5.41 Å². The molecule has 0 saturated heterocycles. The normalized spacial score (nSPS) is 15.5. The molecule has 0 radical (unpaired) electrons. The van der Waals surface area contributed by atoms with Crippen LogP contribution in [-0.4, -0.2) is 0 Å². The second-order valence-corrected chi connectivity index (χ2v) is 30.5. The first-order valence-corrected chi connectivity index (χ1v) is 37.4. The Balaban J connectivity index is 0.783. The van der Waals surface area contributed by atoms with Crippen molar-refractivity contribution >= 4 is 34.1 Å². The fourth-order valence-corrected chi connectivity index (χ4v) is 20.1. The number of rotatable bonds is 11. The molecule has 5 aliphatic carbocycles. The molecule has 0 fully saturated rings. The van der Waals surface area contributed by atoms with Gasteiger partial charge in [-0.15, -0.1) is 0 Å². The molecule has 21 rings (SSSR count). The van der Waals surface area contributed by atoms with Crippen LogP contribution >= 0.6 is 0 Å². The van der Waals surface area contributed by atoms with Crippen LogP contribution in [0.1, 0.15) is 88.4 Å². The molecule has 0 amide bonds. The van der Waals surface area contributed by atoms with E-state index in [0.717, 1.165) is 57.2 Å². The highest BCUT2D eigenvalue weighted by atomic mass is 15.2. The minimum absolute atomic E-state index is 0.278. The van der Waals surface area contributed by atoms with Gasteiger partial charge in [-0.3, -0.25) is 0 Å². The van der Waals surface area contributed by atoms with Crippen molar-refractivity contribution < 1.29 is 0 Å². The van der Waals surface area contributed by atoms with E-state index in [0.29, 0.717) is 0 Å². The Hall–Kier alpha value is -12.9. The Bertz CT molecular complexity index is 6080. The summed E-state index contributed by atoms with van der Waals surface area (Å²) < 4.78 is 0. The van der Waals surface area contributed by atoms with Crippen molar-refractivity contribution in [2.24, 2.45) is 0 Å². The molecule has 0 aliphatic heterocycles. The van der Waals surface area contributed by atoms with Gasteiger partial charge in [0.15, 0.2) is 0 Å². The van der Waals surface area contributed by atoms with Crippen LogP contribution < -0.4 is 9.80 Å². The highest BCUT2D eigenvalue weighted by molar-refractivity contribution is 6.00. The van der Waals surface area contributed by atoms with Gasteiger partial charge >= 0.3 is 0 Å². The summed E-state index contributed by atoms with van der Waals surface area (Å²) in [6.45, 7) is 7.52. The number of fused-ring (bicyclic) bond motifs is 21. The lowest BCUT2D eigenvalue weighted by molar-refractivity contribution is 0.425. The molecule has 500 valence electrons. The summed E-state index contributed by atoms with van der Waals surface area (Å²) >= 11 is 0. The third-order valence-electron chi connectivity index (χ3n) is 24.5. The maximum atomic E-state index is 2.61. The van der Waals surface area contributed by atoms with E-state index in [2.05, 4.69) is 413 Å². The number of hydrogen-bond acceptors (Lipinski definition) is 2. The van der Waals surface area contributed by atoms with Crippen LogP contribution in [0.3, 0.4) is 0 Å². The van der Waals surface area contributed by atoms with Gasteiger partial charge in [-0.2, -0.15) is 0 Å². The zero-order valence-electron chi connectivity index (χ0n) is 59.5. The second kappa shape index (κ2) is 23.6. The first-order valence-electron chi connectivity index (χ1n) is 37.4. The predicted molar refractivity (Wildman–Crippen MR) is 441 cm³/mol. The third kappa shape index (κ3) is 8.91. The van der Waals surface area contributed by atoms with Crippen molar-refractivity contribution in [2.45, 2.75) is 48.9 Å². The van der Waals surface area contributed by atoms with Crippen molar-refractivity contribution in [3.63, 3.8) is 0 Å². The lowest BCUT2D eigenvalue weighted by atomic mass is 9.70. The Labute approximate surface area is 621 Å². The highest BCUT2D eigenvalue weighted by Gasteiger charge is 2.54. The second-order valence-electron chi connectivity index (χ2n) is 30.5. The predicted octanol–water partition coefficient (Wildman–Crippen LogP) is 27.0. The van der Waals surface area contributed by atoms with Gasteiger partial charge in [-0.1, -0.05) is 336 Å². The molecule has 2 heteroatoms. The SMILES string of the molecule is CC1(C)CC(C)(c2ccc(-c3ccccc3)c(N(c3ccc(-c4ccccc4)cc3)c3ccc4c(c3)C3(c5ccccc5-c5ccccc53)c3ccccc3-4)c2)c2cc(-c3ccccc3)c(N(c3ccc(-c4ccccc4)cc3)c3ccc4c(c3)C3(c5ccccc5-c5ccccc53)c3ccccc3-4)cc21. The molecule has 0 heterocycles. The molecule has 0 aromatic heterocycles. The molecule has 2 nitrogen and oxygen atoms in total. The Morgan fingerprint density at radius 1 is 0.198 bits per heavy atom. The molecule has 0 N–H and O–H groups in total. The fraction of sp³-hybridized carbons (Fsp3) is 0.0769. The minimum atomic E-state index is -0.534. The van der Waals surface area contributed by atoms with Crippen LogP contribution in [-0.2, 0) is 21.7 Å². The summed E-state index contributed by atoms with van der Waals surface area (Å²) in [6.07, 6.45) is 0.881. The lowest BCUT2D eigenvalue weighted by Crippen LogP contribution is -2.26. The Kier molecular flexibility index (Phi) is 13.7. The van der Waals surface area contributed by atoms with Crippen molar-refractivity contribution in [1.82, 2.24) is 0 Å². The van der Waals surface area contributed by atoms with Gasteiger partial charge < -0.3 is 9.80 Å². The van der Waals surface area contributed by atoms with Crippen LogP contribution in [0.15, 0.2) is 382 Å². The van der Waals surface area contributed by atoms with E-state index < -0.39 is 16.2 Å². The van der Waals surface area contributed by atoms with Gasteiger partial charge in [-0.25, -0.2) is 0 Å². The summed E-state index contributed by atoms with van der Waals surface area (Å²) in [4.78, 5) is 5.17. The Morgan fingerprint density at radius 2 is 0.491 bits per heavy atom. The molecule has 1 unspecified atom stereocenters. The molecule has 16 aromatic rings. The van der Waals surface area contributed by atoms with Crippen LogP contribution in [0, 0.1) is 0 Å². The van der Waals surface area contributed by atoms with Crippen molar-refractivity contribution in [3.8, 4) is 89.0 Å². The van der Waals surface area contributed by atoms with E-state index in [1.165, 1.54) is 134 Å². The largest absolute Gasteiger partial charge is 0.310 e. The molecule has 1 atom stereocenters. The Morgan fingerprint density at radius 3 is 0.868 bits per heavy atom. The summed E-state index contributed by atoms with van der Waals surface area (Å²) in [6, 6.07) is 145. The number of nitrogens with zero attached hydrogens (tertiary/aromatic N) is 2. The standard InChI is InChI=1S/C104H74N2/c1-101(2)67-102(3,74-52-59-79(72-32-12-6-13-33-72)99(62-74)105(75-53-48-70(49-54-75)68-28-8-4-9-29-68)77-57-60-86-84-40-20-26-46-93(84)103(95(86)63-77)89-42-22-16-36-80(89)81-37-17-23-43-90(81)103)98-65-88(73-34-14-7-15-35-73)100(66-97(98)101)106(76-55-50-71(51-56-76)69-30-10-5-11-31-69)78-58-61-87-85-41-21-27-47-94(85)104(96(87)64-78)91-44-24-18-38-82(91)83-39-19-25-45-92(83)104/h4-66H,67H2,1-3H3. The number of anilines is 6. The van der Waals surface area contributed by atoms with Crippen LogP contribution in [0.2, 0.25) is 0 Å². The molecule has 106 heavy (non-hydrogen) atoms. The quantitative estimate of drug-likeness (QED) is 0.127. The fourth-order valence-electron chi connectivity index (χ4n) is 20.1. The first kappa shape index (κ1) is 61.8. The van der Waals surface area contributed by atoms with Crippen molar-refractivity contribution in [3.05, 3.63) is 443 Å². The third-order valence-corrected chi connectivity index (χ3v) is 24.5. The average molecular weight is 1350 g/mol. The zero-order valence-corrected chi connectivity index (χ0v) is 59.5. The first-order chi connectivity index (χ1) is 52.2. The van der Waals surface area contributed by atoms with Gasteiger partial charge in [0.2, 0.25) is 0 Å². The summed E-state index contributed by atoms with van der Waals surface area (Å²) in [5.41, 5.74) is 39.1. The van der Waals surface area contributed by atoms with Gasteiger partial charge in [0.05, 0.1) is 22.2 Å². The summed E-state index contributed by atoms with van der Waals surface area (Å²) in [5, 5.41) is 0.